The van der Waals surface area contributed by atoms with Crippen LogP contribution in [0.1, 0.15) is 46.0 Å². The summed E-state index contributed by atoms with van der Waals surface area (Å²) in [5.74, 6) is -5.09. The van der Waals surface area contributed by atoms with Crippen LogP contribution in [0.15, 0.2) is 0 Å². The number of carbonyl (C=O) groups excluding carboxylic acids is 3. The van der Waals surface area contributed by atoms with Crippen LogP contribution in [-0.2, 0) is 24.0 Å². The summed E-state index contributed by atoms with van der Waals surface area (Å²) in [5, 5.41) is 25.2. The predicted molar refractivity (Wildman–Crippen MR) is 120 cm³/mol. The summed E-state index contributed by atoms with van der Waals surface area (Å²) in [7, 11) is 0. The van der Waals surface area contributed by atoms with Gasteiger partial charge in [-0.2, -0.15) is 12.6 Å². The van der Waals surface area contributed by atoms with Crippen LogP contribution < -0.4 is 27.4 Å². The number of thiol groups is 1. The van der Waals surface area contributed by atoms with Crippen molar-refractivity contribution >= 4 is 42.3 Å². The minimum atomic E-state index is -1.43. The highest BCUT2D eigenvalue weighted by molar-refractivity contribution is 7.80. The molecule has 0 spiro atoms. The molecule has 0 saturated heterocycles. The Morgan fingerprint density at radius 2 is 1.47 bits per heavy atom. The first-order valence-corrected chi connectivity index (χ1v) is 11.0. The van der Waals surface area contributed by atoms with Crippen LogP contribution in [0.25, 0.3) is 0 Å². The van der Waals surface area contributed by atoms with Crippen LogP contribution in [0, 0.1) is 5.92 Å². The highest BCUT2D eigenvalue weighted by Crippen LogP contribution is 2.06. The van der Waals surface area contributed by atoms with Crippen molar-refractivity contribution in [2.75, 3.05) is 12.3 Å². The van der Waals surface area contributed by atoms with Crippen LogP contribution >= 0.6 is 12.6 Å². The average Bonchev–Trinajstić information content (AvgIpc) is 2.71. The van der Waals surface area contributed by atoms with E-state index in [1.54, 1.807) is 13.8 Å². The second-order valence-electron chi connectivity index (χ2n) is 7.70. The van der Waals surface area contributed by atoms with Gasteiger partial charge in [0.1, 0.15) is 18.1 Å². The first-order chi connectivity index (χ1) is 14.9. The molecule has 12 nitrogen and oxygen atoms in total. The van der Waals surface area contributed by atoms with E-state index in [-0.39, 0.29) is 12.2 Å². The predicted octanol–water partition coefficient (Wildman–Crippen LogP) is -1.57. The number of nitrogens with one attached hydrogen (secondary N) is 3. The zero-order chi connectivity index (χ0) is 24.8. The van der Waals surface area contributed by atoms with Gasteiger partial charge in [-0.3, -0.25) is 19.2 Å². The molecule has 0 aromatic heterocycles. The highest BCUT2D eigenvalue weighted by Gasteiger charge is 2.31. The number of aliphatic carboxylic acids is 2. The summed E-state index contributed by atoms with van der Waals surface area (Å²) >= 11 is 4.07. The lowest BCUT2D eigenvalue weighted by molar-refractivity contribution is -0.143. The average molecular weight is 478 g/mol. The first kappa shape index (κ1) is 29.6. The second-order valence-corrected chi connectivity index (χ2v) is 8.06. The number of unbranched alkanes of at least 4 members (excludes halogenated alkanes) is 1. The Morgan fingerprint density at radius 1 is 0.875 bits per heavy atom. The molecule has 0 rings (SSSR count). The molecule has 0 bridgehead atoms. The van der Waals surface area contributed by atoms with E-state index in [0.717, 1.165) is 0 Å². The standard InChI is InChI=1S/C19H35N5O7S/c1-10(2)15(18(29)22-12(19(30)31)6-7-14(25)26)24-17(28)13(9-32)23-16(27)11(21)5-3-4-8-20/h10-13,15,32H,3-9,20-21H2,1-2H3,(H,22,29)(H,23,27)(H,24,28)(H,25,26)(H,30,31). The fourth-order valence-corrected chi connectivity index (χ4v) is 2.95. The molecule has 0 aliphatic carbocycles. The Labute approximate surface area is 192 Å². The molecule has 4 atom stereocenters. The number of nitrogens with two attached hydrogens (primary N) is 2. The van der Waals surface area contributed by atoms with Crippen molar-refractivity contribution in [3.63, 3.8) is 0 Å². The second kappa shape index (κ2) is 15.4. The van der Waals surface area contributed by atoms with E-state index in [1.807, 2.05) is 0 Å². The maximum Gasteiger partial charge on any atom is 0.326 e. The Kier molecular flexibility index (Phi) is 14.3. The zero-order valence-corrected chi connectivity index (χ0v) is 19.3. The molecule has 184 valence electrons. The van der Waals surface area contributed by atoms with Crippen molar-refractivity contribution in [2.45, 2.75) is 70.1 Å². The summed E-state index contributed by atoms with van der Waals surface area (Å²) in [5.41, 5.74) is 11.2. The number of hydrogen-bond acceptors (Lipinski definition) is 8. The van der Waals surface area contributed by atoms with Crippen molar-refractivity contribution in [3.8, 4) is 0 Å². The number of rotatable bonds is 16. The van der Waals surface area contributed by atoms with E-state index in [9.17, 15) is 29.1 Å². The van der Waals surface area contributed by atoms with Crippen LogP contribution in [0.4, 0.5) is 0 Å². The summed E-state index contributed by atoms with van der Waals surface area (Å²) < 4.78 is 0. The van der Waals surface area contributed by atoms with Gasteiger partial charge in [0.25, 0.3) is 0 Å². The van der Waals surface area contributed by atoms with Crippen LogP contribution in [0.5, 0.6) is 0 Å². The lowest BCUT2D eigenvalue weighted by atomic mass is 10.0. The molecule has 0 aromatic carbocycles. The van der Waals surface area contributed by atoms with Gasteiger partial charge in [-0.15, -0.1) is 0 Å². The van der Waals surface area contributed by atoms with Crippen LogP contribution in [0.2, 0.25) is 0 Å². The lowest BCUT2D eigenvalue weighted by Gasteiger charge is -2.26. The van der Waals surface area contributed by atoms with Crippen LogP contribution in [-0.4, -0.2) is 76.3 Å². The molecule has 0 heterocycles. The third kappa shape index (κ3) is 11.3. The maximum atomic E-state index is 12.6. The first-order valence-electron chi connectivity index (χ1n) is 10.4. The molecule has 0 aliphatic heterocycles. The van der Waals surface area contributed by atoms with Gasteiger partial charge in [0, 0.05) is 12.2 Å². The smallest absolute Gasteiger partial charge is 0.326 e. The minimum absolute atomic E-state index is 0.0596. The molecular weight excluding hydrogens is 442 g/mol. The molecule has 3 amide bonds. The van der Waals surface area contributed by atoms with Crippen molar-refractivity contribution < 1.29 is 34.2 Å². The van der Waals surface area contributed by atoms with Gasteiger partial charge in [0.05, 0.1) is 6.04 Å². The molecular formula is C19H35N5O7S. The van der Waals surface area contributed by atoms with E-state index in [0.29, 0.717) is 25.8 Å². The Bertz CT molecular complexity index is 662. The van der Waals surface area contributed by atoms with Gasteiger partial charge in [0.15, 0.2) is 0 Å². The Morgan fingerprint density at radius 3 is 1.94 bits per heavy atom. The number of carboxylic acids is 2. The fourth-order valence-electron chi connectivity index (χ4n) is 2.69. The normalized spacial score (nSPS) is 14.7. The van der Waals surface area contributed by atoms with E-state index >= 15 is 0 Å². The third-order valence-electron chi connectivity index (χ3n) is 4.63. The molecule has 0 aromatic rings. The fraction of sp³-hybridized carbons (Fsp3) is 0.737. The molecule has 0 fully saturated rings. The number of amides is 3. The maximum absolute atomic E-state index is 12.6. The number of hydrogen-bond donors (Lipinski definition) is 8. The molecule has 4 unspecified atom stereocenters. The van der Waals surface area contributed by atoms with Gasteiger partial charge in [-0.25, -0.2) is 4.79 Å². The molecule has 0 saturated carbocycles. The van der Waals surface area contributed by atoms with E-state index in [2.05, 4.69) is 28.6 Å². The third-order valence-corrected chi connectivity index (χ3v) is 5.00. The number of carboxylic acid groups (broad SMARTS) is 2. The van der Waals surface area contributed by atoms with Gasteiger partial charge in [0.2, 0.25) is 17.7 Å². The minimum Gasteiger partial charge on any atom is -0.481 e. The largest absolute Gasteiger partial charge is 0.481 e. The summed E-state index contributed by atoms with van der Waals surface area (Å²) in [6.45, 7) is 3.76. The van der Waals surface area contributed by atoms with Crippen molar-refractivity contribution in [3.05, 3.63) is 0 Å². The Balaban J connectivity index is 5.09. The van der Waals surface area contributed by atoms with Gasteiger partial charge < -0.3 is 37.6 Å². The topological polar surface area (TPSA) is 214 Å². The molecule has 32 heavy (non-hydrogen) atoms. The van der Waals surface area contributed by atoms with E-state index in [4.69, 9.17) is 16.6 Å². The summed E-state index contributed by atoms with van der Waals surface area (Å²) in [6, 6.07) is -4.44. The Hall–Kier alpha value is -2.38. The van der Waals surface area contributed by atoms with Gasteiger partial charge in [-0.05, 0) is 31.7 Å². The quantitative estimate of drug-likeness (QED) is 0.0950. The monoisotopic (exact) mass is 477 g/mol. The zero-order valence-electron chi connectivity index (χ0n) is 18.4. The van der Waals surface area contributed by atoms with Crippen molar-refractivity contribution in [2.24, 2.45) is 17.4 Å². The molecule has 0 radical (unpaired) electrons. The summed E-state index contributed by atoms with van der Waals surface area (Å²) in [6.07, 6.45) is 1.01. The van der Waals surface area contributed by atoms with E-state index < -0.39 is 66.2 Å². The van der Waals surface area contributed by atoms with Gasteiger partial charge in [-0.1, -0.05) is 20.3 Å². The highest BCUT2D eigenvalue weighted by atomic mass is 32.1. The van der Waals surface area contributed by atoms with Crippen LogP contribution in [0.3, 0.4) is 0 Å². The van der Waals surface area contributed by atoms with Crippen molar-refractivity contribution in [1.29, 1.82) is 0 Å². The van der Waals surface area contributed by atoms with Crippen molar-refractivity contribution in [1.82, 2.24) is 16.0 Å². The molecule has 13 heteroatoms. The SMILES string of the molecule is CC(C)C(NC(=O)C(CS)NC(=O)C(N)CCCCN)C(=O)NC(CCC(=O)O)C(=O)O. The number of carbonyl (C=O) groups is 5. The van der Waals surface area contributed by atoms with E-state index in [1.165, 1.54) is 0 Å². The molecule has 0 aliphatic rings. The van der Waals surface area contributed by atoms with Gasteiger partial charge >= 0.3 is 11.9 Å². The molecule has 9 N–H and O–H groups in total. The summed E-state index contributed by atoms with van der Waals surface area (Å²) in [4.78, 5) is 59.5. The lowest BCUT2D eigenvalue weighted by Crippen LogP contribution is -2.58.